The van der Waals surface area contributed by atoms with Gasteiger partial charge in [-0.15, -0.1) is 0 Å². The van der Waals surface area contributed by atoms with Gasteiger partial charge in [0.1, 0.15) is 0 Å². The lowest BCUT2D eigenvalue weighted by Gasteiger charge is -2.36. The quantitative estimate of drug-likeness (QED) is 0.730. The number of hydrogen-bond donors (Lipinski definition) is 1. The van der Waals surface area contributed by atoms with Crippen molar-refractivity contribution in [1.29, 1.82) is 5.26 Å². The van der Waals surface area contributed by atoms with Crippen LogP contribution in [-0.4, -0.2) is 34.5 Å². The largest absolute Gasteiger partial charge is 0.478 e. The molecule has 0 atom stereocenters. The van der Waals surface area contributed by atoms with Gasteiger partial charge in [0, 0.05) is 18.2 Å². The standard InChI is InChI=1S/C24H26N2O3/c1-3-7-18(8-4-2)26-12-11-20-21(23(26)27)13-17(14-22(20)24(28)29)19-10-6-5-9-16(19)15-25/h5-6,9-10,13-14,18H,3-4,7-8,11-12H2,1-2H3,(H,28,29). The van der Waals surface area contributed by atoms with Gasteiger partial charge in [-0.1, -0.05) is 44.9 Å². The minimum atomic E-state index is -1.04. The number of fused-ring (bicyclic) bond motifs is 1. The number of carbonyl (C=O) groups excluding carboxylic acids is 1. The first-order chi connectivity index (χ1) is 14.0. The van der Waals surface area contributed by atoms with Gasteiger partial charge in [0.15, 0.2) is 0 Å². The van der Waals surface area contributed by atoms with Crippen LogP contribution in [0.25, 0.3) is 11.1 Å². The molecular weight excluding hydrogens is 364 g/mol. The van der Waals surface area contributed by atoms with E-state index in [1.54, 1.807) is 30.3 Å². The summed E-state index contributed by atoms with van der Waals surface area (Å²) >= 11 is 0. The summed E-state index contributed by atoms with van der Waals surface area (Å²) in [6, 6.07) is 12.7. The summed E-state index contributed by atoms with van der Waals surface area (Å²) in [5.74, 6) is -1.14. The highest BCUT2D eigenvalue weighted by Crippen LogP contribution is 2.32. The number of nitrogens with zero attached hydrogens (tertiary/aromatic N) is 2. The fraction of sp³-hybridized carbons (Fsp3) is 0.375. The molecule has 0 bridgehead atoms. The lowest BCUT2D eigenvalue weighted by Crippen LogP contribution is -2.45. The van der Waals surface area contributed by atoms with E-state index in [-0.39, 0.29) is 17.5 Å². The summed E-state index contributed by atoms with van der Waals surface area (Å²) in [6.45, 7) is 4.78. The number of benzene rings is 2. The highest BCUT2D eigenvalue weighted by atomic mass is 16.4. The summed E-state index contributed by atoms with van der Waals surface area (Å²) < 4.78 is 0. The Morgan fingerprint density at radius 3 is 2.48 bits per heavy atom. The van der Waals surface area contributed by atoms with Gasteiger partial charge in [-0.05, 0) is 54.2 Å². The molecule has 0 aromatic heterocycles. The van der Waals surface area contributed by atoms with Crippen molar-refractivity contribution in [3.8, 4) is 17.2 Å². The number of aromatic carboxylic acids is 1. The van der Waals surface area contributed by atoms with E-state index in [9.17, 15) is 20.0 Å². The molecule has 0 saturated heterocycles. The molecule has 0 radical (unpaired) electrons. The maximum Gasteiger partial charge on any atom is 0.336 e. The molecule has 1 N–H and O–H groups in total. The molecule has 5 heteroatoms. The van der Waals surface area contributed by atoms with Crippen LogP contribution in [-0.2, 0) is 6.42 Å². The Bertz CT molecular complexity index is 969. The number of rotatable bonds is 7. The Morgan fingerprint density at radius 1 is 1.17 bits per heavy atom. The van der Waals surface area contributed by atoms with Crippen molar-refractivity contribution < 1.29 is 14.7 Å². The maximum atomic E-state index is 13.4. The molecule has 0 aliphatic carbocycles. The zero-order chi connectivity index (χ0) is 21.0. The van der Waals surface area contributed by atoms with E-state index < -0.39 is 5.97 Å². The van der Waals surface area contributed by atoms with Crippen LogP contribution in [0.15, 0.2) is 36.4 Å². The van der Waals surface area contributed by atoms with Gasteiger partial charge < -0.3 is 10.0 Å². The van der Waals surface area contributed by atoms with Crippen LogP contribution < -0.4 is 0 Å². The van der Waals surface area contributed by atoms with Gasteiger partial charge >= 0.3 is 5.97 Å². The second-order valence-corrected chi connectivity index (χ2v) is 7.49. The lowest BCUT2D eigenvalue weighted by atomic mass is 9.87. The Balaban J connectivity index is 2.13. The molecule has 5 nitrogen and oxygen atoms in total. The average Bonchev–Trinajstić information content (AvgIpc) is 2.73. The third-order valence-electron chi connectivity index (χ3n) is 5.62. The molecule has 1 aliphatic heterocycles. The monoisotopic (exact) mass is 390 g/mol. The lowest BCUT2D eigenvalue weighted by molar-refractivity contribution is 0.0635. The molecule has 0 saturated carbocycles. The highest BCUT2D eigenvalue weighted by molar-refractivity contribution is 6.03. The van der Waals surface area contributed by atoms with Gasteiger partial charge in [0.25, 0.3) is 5.91 Å². The zero-order valence-electron chi connectivity index (χ0n) is 16.9. The average molecular weight is 390 g/mol. The van der Waals surface area contributed by atoms with Crippen molar-refractivity contribution in [1.82, 2.24) is 4.90 Å². The molecule has 2 aromatic carbocycles. The number of nitriles is 1. The van der Waals surface area contributed by atoms with Crippen LogP contribution in [0.2, 0.25) is 0 Å². The summed E-state index contributed by atoms with van der Waals surface area (Å²) in [6.07, 6.45) is 4.41. The molecule has 2 aromatic rings. The number of hydrogen-bond acceptors (Lipinski definition) is 3. The Labute approximate surface area is 171 Å². The predicted octanol–water partition coefficient (Wildman–Crippen LogP) is 4.89. The molecular formula is C24H26N2O3. The summed E-state index contributed by atoms with van der Waals surface area (Å²) in [5, 5.41) is 19.2. The molecule has 0 fully saturated rings. The van der Waals surface area contributed by atoms with Gasteiger partial charge in [0.05, 0.1) is 17.2 Å². The Morgan fingerprint density at radius 2 is 1.86 bits per heavy atom. The first-order valence-corrected chi connectivity index (χ1v) is 10.2. The summed E-state index contributed by atoms with van der Waals surface area (Å²) in [7, 11) is 0. The van der Waals surface area contributed by atoms with Crippen LogP contribution in [0, 0.1) is 11.3 Å². The summed E-state index contributed by atoms with van der Waals surface area (Å²) in [4.78, 5) is 27.3. The zero-order valence-corrected chi connectivity index (χ0v) is 16.9. The molecule has 1 aliphatic rings. The predicted molar refractivity (Wildman–Crippen MR) is 112 cm³/mol. The fourth-order valence-electron chi connectivity index (χ4n) is 4.27. The Hall–Kier alpha value is -3.13. The third kappa shape index (κ3) is 4.02. The molecule has 150 valence electrons. The number of carboxylic acid groups (broad SMARTS) is 1. The Kier molecular flexibility index (Phi) is 6.33. The second kappa shape index (κ2) is 8.91. The van der Waals surface area contributed by atoms with E-state index in [1.807, 2.05) is 11.0 Å². The topological polar surface area (TPSA) is 81.4 Å². The first kappa shape index (κ1) is 20.6. The SMILES string of the molecule is CCCC(CCC)N1CCc2c(C(=O)O)cc(-c3ccccc3C#N)cc2C1=O. The van der Waals surface area contributed by atoms with E-state index in [0.717, 1.165) is 25.7 Å². The minimum Gasteiger partial charge on any atom is -0.478 e. The first-order valence-electron chi connectivity index (χ1n) is 10.2. The van der Waals surface area contributed by atoms with Crippen molar-refractivity contribution in [3.63, 3.8) is 0 Å². The number of amides is 1. The van der Waals surface area contributed by atoms with Gasteiger partial charge in [0.2, 0.25) is 0 Å². The normalized spacial score (nSPS) is 13.3. The third-order valence-corrected chi connectivity index (χ3v) is 5.62. The summed E-state index contributed by atoms with van der Waals surface area (Å²) in [5.41, 5.74) is 2.90. The molecule has 1 heterocycles. The van der Waals surface area contributed by atoms with Crippen molar-refractivity contribution in [2.24, 2.45) is 0 Å². The molecule has 1 amide bonds. The number of carbonyl (C=O) groups is 2. The van der Waals surface area contributed by atoms with E-state index in [4.69, 9.17) is 0 Å². The van der Waals surface area contributed by atoms with E-state index in [1.165, 1.54) is 0 Å². The van der Waals surface area contributed by atoms with Crippen molar-refractivity contribution in [3.05, 3.63) is 58.7 Å². The van der Waals surface area contributed by atoms with E-state index in [0.29, 0.717) is 40.8 Å². The molecule has 0 unspecified atom stereocenters. The van der Waals surface area contributed by atoms with Crippen molar-refractivity contribution in [2.75, 3.05) is 6.54 Å². The van der Waals surface area contributed by atoms with Crippen LogP contribution in [0.4, 0.5) is 0 Å². The van der Waals surface area contributed by atoms with Crippen molar-refractivity contribution in [2.45, 2.75) is 52.0 Å². The smallest absolute Gasteiger partial charge is 0.336 e. The van der Waals surface area contributed by atoms with E-state index >= 15 is 0 Å². The van der Waals surface area contributed by atoms with E-state index in [2.05, 4.69) is 19.9 Å². The minimum absolute atomic E-state index is 0.100. The molecule has 3 rings (SSSR count). The number of carboxylic acids is 1. The fourth-order valence-corrected chi connectivity index (χ4v) is 4.27. The second-order valence-electron chi connectivity index (χ2n) is 7.49. The van der Waals surface area contributed by atoms with Crippen LogP contribution in [0.1, 0.15) is 71.4 Å². The van der Waals surface area contributed by atoms with Gasteiger partial charge in [-0.25, -0.2) is 4.79 Å². The van der Waals surface area contributed by atoms with Gasteiger partial charge in [-0.2, -0.15) is 5.26 Å². The maximum absolute atomic E-state index is 13.4. The molecule has 29 heavy (non-hydrogen) atoms. The van der Waals surface area contributed by atoms with Crippen LogP contribution >= 0.6 is 0 Å². The van der Waals surface area contributed by atoms with Gasteiger partial charge in [-0.3, -0.25) is 4.79 Å². The highest BCUT2D eigenvalue weighted by Gasteiger charge is 2.32. The van der Waals surface area contributed by atoms with Crippen LogP contribution in [0.5, 0.6) is 0 Å². The van der Waals surface area contributed by atoms with Crippen LogP contribution in [0.3, 0.4) is 0 Å². The van der Waals surface area contributed by atoms with Crippen molar-refractivity contribution >= 4 is 11.9 Å². The molecule has 0 spiro atoms.